The highest BCUT2D eigenvalue weighted by Crippen LogP contribution is 2.24. The van der Waals surface area contributed by atoms with Crippen molar-refractivity contribution in [2.75, 3.05) is 4.90 Å². The lowest BCUT2D eigenvalue weighted by Gasteiger charge is -2.14. The average molecular weight is 397 g/mol. The molecule has 8 heteroatoms. The smallest absolute Gasteiger partial charge is 0.279 e. The molecule has 2 aromatic carbocycles. The molecule has 1 fully saturated rings. The molecule has 6 nitrogen and oxygen atoms in total. The van der Waals surface area contributed by atoms with Gasteiger partial charge >= 0.3 is 0 Å². The monoisotopic (exact) mass is 397 g/mol. The molecule has 1 saturated heterocycles. The van der Waals surface area contributed by atoms with Gasteiger partial charge in [-0.3, -0.25) is 19.3 Å². The number of halogens is 1. The molecule has 0 aliphatic carbocycles. The molecular weight excluding hydrogens is 381 g/mol. The van der Waals surface area contributed by atoms with Gasteiger partial charge in [-0.1, -0.05) is 17.4 Å². The minimum absolute atomic E-state index is 0.177. The van der Waals surface area contributed by atoms with Gasteiger partial charge in [0.15, 0.2) is 4.80 Å². The number of amides is 3. The first-order valence-electron chi connectivity index (χ1n) is 8.81. The van der Waals surface area contributed by atoms with Crippen molar-refractivity contribution in [1.29, 1.82) is 0 Å². The molecule has 4 rings (SSSR count). The lowest BCUT2D eigenvalue weighted by molar-refractivity contribution is -0.121. The number of carbonyl (C=O) groups is 3. The zero-order chi connectivity index (χ0) is 19.8. The highest BCUT2D eigenvalue weighted by Gasteiger charge is 2.30. The Bertz CT molecular complexity index is 1180. The number of anilines is 1. The highest BCUT2D eigenvalue weighted by molar-refractivity contribution is 7.16. The topological polar surface area (TPSA) is 71.7 Å². The van der Waals surface area contributed by atoms with E-state index in [9.17, 15) is 18.8 Å². The maximum atomic E-state index is 13.5. The van der Waals surface area contributed by atoms with Gasteiger partial charge in [-0.15, -0.1) is 0 Å². The lowest BCUT2D eigenvalue weighted by Crippen LogP contribution is -2.28. The van der Waals surface area contributed by atoms with E-state index in [1.807, 2.05) is 11.5 Å². The average Bonchev–Trinajstić information content (AvgIpc) is 3.19. The Labute approximate surface area is 163 Å². The summed E-state index contributed by atoms with van der Waals surface area (Å²) in [4.78, 5) is 42.4. The van der Waals surface area contributed by atoms with Gasteiger partial charge in [0.05, 0.1) is 15.9 Å². The second-order valence-corrected chi connectivity index (χ2v) is 7.34. The summed E-state index contributed by atoms with van der Waals surface area (Å²) in [5.41, 5.74) is 1.45. The van der Waals surface area contributed by atoms with Crippen molar-refractivity contribution in [2.24, 2.45) is 4.99 Å². The van der Waals surface area contributed by atoms with E-state index in [0.29, 0.717) is 21.7 Å². The van der Waals surface area contributed by atoms with Crippen LogP contribution in [0.3, 0.4) is 0 Å². The largest absolute Gasteiger partial charge is 0.317 e. The van der Waals surface area contributed by atoms with E-state index < -0.39 is 5.91 Å². The predicted octanol–water partition coefficient (Wildman–Crippen LogP) is 3.26. The molecule has 142 valence electrons. The summed E-state index contributed by atoms with van der Waals surface area (Å²) < 4.78 is 16.1. The molecule has 0 bridgehead atoms. The SMILES string of the molecule is CCn1c(=NC(=O)c2cccc(N3C(=O)CCC3=O)c2)sc2cc(F)ccc21. The van der Waals surface area contributed by atoms with E-state index in [1.165, 1.54) is 29.5 Å². The van der Waals surface area contributed by atoms with Crippen LogP contribution in [0.5, 0.6) is 0 Å². The Balaban J connectivity index is 1.75. The first-order valence-corrected chi connectivity index (χ1v) is 9.63. The van der Waals surface area contributed by atoms with Crippen LogP contribution in [0.25, 0.3) is 10.2 Å². The van der Waals surface area contributed by atoms with Gasteiger partial charge in [0.25, 0.3) is 5.91 Å². The van der Waals surface area contributed by atoms with Crippen molar-refractivity contribution in [3.8, 4) is 0 Å². The molecule has 3 aromatic rings. The van der Waals surface area contributed by atoms with Crippen LogP contribution in [-0.4, -0.2) is 22.3 Å². The van der Waals surface area contributed by atoms with Crippen molar-refractivity contribution in [1.82, 2.24) is 4.57 Å². The maximum Gasteiger partial charge on any atom is 0.279 e. The molecule has 1 aromatic heterocycles. The number of thiazole rings is 1. The second kappa shape index (κ2) is 7.12. The summed E-state index contributed by atoms with van der Waals surface area (Å²) in [5, 5.41) is 0. The van der Waals surface area contributed by atoms with Crippen LogP contribution >= 0.6 is 11.3 Å². The number of hydrogen-bond donors (Lipinski definition) is 0. The normalized spacial score (nSPS) is 15.1. The Kier molecular flexibility index (Phi) is 4.64. The molecule has 0 radical (unpaired) electrons. The summed E-state index contributed by atoms with van der Waals surface area (Å²) >= 11 is 1.23. The quantitative estimate of drug-likeness (QED) is 0.637. The highest BCUT2D eigenvalue weighted by atomic mass is 32.1. The van der Waals surface area contributed by atoms with E-state index in [0.717, 1.165) is 10.4 Å². The number of hydrogen-bond acceptors (Lipinski definition) is 4. The third kappa shape index (κ3) is 3.16. The standard InChI is InChI=1S/C20H16FN3O3S/c1-2-23-15-7-6-13(21)11-16(15)28-20(23)22-19(27)12-4-3-5-14(10-12)24-17(25)8-9-18(24)26/h3-7,10-11H,2,8-9H2,1H3. The zero-order valence-corrected chi connectivity index (χ0v) is 15.8. The van der Waals surface area contributed by atoms with Gasteiger partial charge < -0.3 is 4.57 Å². The van der Waals surface area contributed by atoms with Crippen molar-refractivity contribution < 1.29 is 18.8 Å². The summed E-state index contributed by atoms with van der Waals surface area (Å²) in [6, 6.07) is 10.8. The third-order valence-corrected chi connectivity index (χ3v) is 5.60. The molecule has 2 heterocycles. The predicted molar refractivity (Wildman–Crippen MR) is 104 cm³/mol. The van der Waals surface area contributed by atoms with Gasteiger partial charge in [0, 0.05) is 24.9 Å². The fourth-order valence-corrected chi connectivity index (χ4v) is 4.35. The number of imide groups is 1. The number of benzene rings is 2. The maximum absolute atomic E-state index is 13.5. The first-order chi connectivity index (χ1) is 13.5. The summed E-state index contributed by atoms with van der Waals surface area (Å²) in [5.74, 6) is -1.39. The molecule has 0 spiro atoms. The number of aryl methyl sites for hydroxylation is 1. The van der Waals surface area contributed by atoms with E-state index in [4.69, 9.17) is 0 Å². The number of aromatic nitrogens is 1. The van der Waals surface area contributed by atoms with Crippen LogP contribution in [0.2, 0.25) is 0 Å². The van der Waals surface area contributed by atoms with Crippen LogP contribution in [-0.2, 0) is 16.1 Å². The van der Waals surface area contributed by atoms with Crippen molar-refractivity contribution in [3.05, 3.63) is 58.6 Å². The van der Waals surface area contributed by atoms with E-state index in [-0.39, 0.29) is 36.0 Å². The zero-order valence-electron chi connectivity index (χ0n) is 15.0. The molecule has 28 heavy (non-hydrogen) atoms. The minimum atomic E-state index is -0.491. The fraction of sp³-hybridized carbons (Fsp3) is 0.200. The number of fused-ring (bicyclic) bond motifs is 1. The van der Waals surface area contributed by atoms with Crippen molar-refractivity contribution in [2.45, 2.75) is 26.3 Å². The van der Waals surface area contributed by atoms with Gasteiger partial charge in [-0.05, 0) is 43.3 Å². The Morgan fingerprint density at radius 1 is 1.14 bits per heavy atom. The Hall–Kier alpha value is -3.13. The van der Waals surface area contributed by atoms with E-state index in [1.54, 1.807) is 24.3 Å². The van der Waals surface area contributed by atoms with Crippen LogP contribution in [0.1, 0.15) is 30.1 Å². The van der Waals surface area contributed by atoms with Gasteiger partial charge in [-0.25, -0.2) is 4.39 Å². The van der Waals surface area contributed by atoms with Crippen molar-refractivity contribution in [3.63, 3.8) is 0 Å². The number of nitrogens with zero attached hydrogens (tertiary/aromatic N) is 3. The minimum Gasteiger partial charge on any atom is -0.317 e. The summed E-state index contributed by atoms with van der Waals surface area (Å²) in [6.45, 7) is 2.50. The number of rotatable bonds is 3. The first kappa shape index (κ1) is 18.2. The van der Waals surface area contributed by atoms with Crippen LogP contribution in [0, 0.1) is 5.82 Å². The molecule has 3 amide bonds. The molecule has 0 atom stereocenters. The number of carbonyl (C=O) groups excluding carboxylic acids is 3. The van der Waals surface area contributed by atoms with Crippen LogP contribution in [0.15, 0.2) is 47.5 Å². The molecule has 0 N–H and O–H groups in total. The summed E-state index contributed by atoms with van der Waals surface area (Å²) in [7, 11) is 0. The Morgan fingerprint density at radius 3 is 2.61 bits per heavy atom. The fourth-order valence-electron chi connectivity index (χ4n) is 3.23. The molecular formula is C20H16FN3O3S. The second-order valence-electron chi connectivity index (χ2n) is 6.33. The van der Waals surface area contributed by atoms with Crippen molar-refractivity contribution >= 4 is 45.0 Å². The molecule has 1 aliphatic rings. The molecule has 0 unspecified atom stereocenters. The van der Waals surface area contributed by atoms with Gasteiger partial charge in [-0.2, -0.15) is 4.99 Å². The van der Waals surface area contributed by atoms with Gasteiger partial charge in [0.2, 0.25) is 11.8 Å². The van der Waals surface area contributed by atoms with E-state index in [2.05, 4.69) is 4.99 Å². The molecule has 0 saturated carbocycles. The Morgan fingerprint density at radius 2 is 1.89 bits per heavy atom. The molecule has 1 aliphatic heterocycles. The van der Waals surface area contributed by atoms with Gasteiger partial charge in [0.1, 0.15) is 5.82 Å². The van der Waals surface area contributed by atoms with Crippen LogP contribution in [0.4, 0.5) is 10.1 Å². The van der Waals surface area contributed by atoms with Crippen LogP contribution < -0.4 is 9.70 Å². The summed E-state index contributed by atoms with van der Waals surface area (Å²) in [6.07, 6.45) is 0.354. The third-order valence-electron chi connectivity index (χ3n) is 4.56. The lowest BCUT2D eigenvalue weighted by atomic mass is 10.2. The van der Waals surface area contributed by atoms with E-state index >= 15 is 0 Å².